The second-order valence-corrected chi connectivity index (χ2v) is 6.14. The predicted octanol–water partition coefficient (Wildman–Crippen LogP) is 2.25. The molecule has 2 amide bonds. The number of anilines is 1. The molecule has 0 aliphatic carbocycles. The summed E-state index contributed by atoms with van der Waals surface area (Å²) in [4.78, 5) is 34.9. The fourth-order valence-electron chi connectivity index (χ4n) is 1.56. The van der Waals surface area contributed by atoms with E-state index in [9.17, 15) is 14.4 Å². The summed E-state index contributed by atoms with van der Waals surface area (Å²) in [5.74, 6) is -1.12. The molecule has 130 valence electrons. The lowest BCUT2D eigenvalue weighted by atomic mass is 10.3. The molecule has 0 saturated heterocycles. The summed E-state index contributed by atoms with van der Waals surface area (Å²) >= 11 is 6.86. The first-order valence-electron chi connectivity index (χ1n) is 7.13. The van der Waals surface area contributed by atoms with Gasteiger partial charge in [0.25, 0.3) is 5.91 Å². The molecule has 0 unspecified atom stereocenters. The number of benzene rings is 1. The number of rotatable bonds is 9. The van der Waals surface area contributed by atoms with Gasteiger partial charge < -0.3 is 15.4 Å². The Balaban J connectivity index is 2.24. The number of esters is 1. The van der Waals surface area contributed by atoms with E-state index in [2.05, 4.69) is 17.2 Å². The Morgan fingerprint density at radius 1 is 1.29 bits per heavy atom. The van der Waals surface area contributed by atoms with Crippen LogP contribution < -0.4 is 10.6 Å². The fourth-order valence-corrected chi connectivity index (χ4v) is 2.28. The molecule has 0 spiro atoms. The summed E-state index contributed by atoms with van der Waals surface area (Å²) in [5, 5.41) is 5.79. The molecule has 0 aliphatic rings. The highest BCUT2D eigenvalue weighted by Gasteiger charge is 2.17. The summed E-state index contributed by atoms with van der Waals surface area (Å²) < 4.78 is 4.97. The summed E-state index contributed by atoms with van der Waals surface area (Å²) in [7, 11) is 0. The number of halogens is 1. The number of nitrogens with one attached hydrogen (secondary N) is 2. The molecule has 8 heteroatoms. The molecule has 0 fully saturated rings. The molecule has 0 heterocycles. The van der Waals surface area contributed by atoms with Crippen LogP contribution in [0.25, 0.3) is 0 Å². The second-order valence-electron chi connectivity index (χ2n) is 4.71. The molecule has 0 aromatic heterocycles. The van der Waals surface area contributed by atoms with Gasteiger partial charge in [0, 0.05) is 17.3 Å². The summed E-state index contributed by atoms with van der Waals surface area (Å²) in [5.41, 5.74) is 0.625. The second kappa shape index (κ2) is 10.7. The molecule has 1 aromatic carbocycles. The van der Waals surface area contributed by atoms with Gasteiger partial charge in [-0.05, 0) is 31.2 Å². The minimum absolute atomic E-state index is 0.0207. The van der Waals surface area contributed by atoms with Gasteiger partial charge in [0.05, 0.1) is 11.5 Å². The monoisotopic (exact) mass is 370 g/mol. The topological polar surface area (TPSA) is 84.5 Å². The highest BCUT2D eigenvalue weighted by atomic mass is 35.5. The summed E-state index contributed by atoms with van der Waals surface area (Å²) in [6, 6.07) is 6.70. The molecular weight excluding hydrogens is 352 g/mol. The molecule has 1 rings (SSSR count). The van der Waals surface area contributed by atoms with Crippen LogP contribution >= 0.6 is 23.4 Å². The van der Waals surface area contributed by atoms with Crippen molar-refractivity contribution in [2.75, 3.05) is 23.4 Å². The zero-order valence-corrected chi connectivity index (χ0v) is 14.8. The smallest absolute Gasteiger partial charge is 0.316 e. The van der Waals surface area contributed by atoms with Crippen LogP contribution in [0.4, 0.5) is 5.69 Å². The molecule has 6 nitrogen and oxygen atoms in total. The van der Waals surface area contributed by atoms with Crippen LogP contribution in [0.5, 0.6) is 0 Å². The van der Waals surface area contributed by atoms with Gasteiger partial charge in [0.15, 0.2) is 6.10 Å². The molecule has 0 bridgehead atoms. The predicted molar refractivity (Wildman–Crippen MR) is 96.2 cm³/mol. The maximum atomic E-state index is 11.7. The van der Waals surface area contributed by atoms with E-state index in [4.69, 9.17) is 16.3 Å². The molecule has 1 aromatic rings. The third-order valence-electron chi connectivity index (χ3n) is 2.68. The van der Waals surface area contributed by atoms with E-state index in [0.717, 1.165) is 11.8 Å². The first kappa shape index (κ1) is 20.1. The van der Waals surface area contributed by atoms with Gasteiger partial charge in [-0.25, -0.2) is 0 Å². The first-order chi connectivity index (χ1) is 11.4. The Morgan fingerprint density at radius 3 is 2.58 bits per heavy atom. The molecule has 0 radical (unpaired) electrons. The van der Waals surface area contributed by atoms with Crippen LogP contribution in [0.1, 0.15) is 6.92 Å². The largest absolute Gasteiger partial charge is 0.452 e. The summed E-state index contributed by atoms with van der Waals surface area (Å²) in [6.45, 7) is 5.26. The zero-order chi connectivity index (χ0) is 17.9. The number of hydrogen-bond acceptors (Lipinski definition) is 5. The van der Waals surface area contributed by atoms with Gasteiger partial charge in [-0.15, -0.1) is 18.3 Å². The highest BCUT2D eigenvalue weighted by Crippen LogP contribution is 2.14. The molecule has 0 aliphatic heterocycles. The van der Waals surface area contributed by atoms with Crippen molar-refractivity contribution in [3.63, 3.8) is 0 Å². The van der Waals surface area contributed by atoms with E-state index in [1.807, 2.05) is 0 Å². The van der Waals surface area contributed by atoms with Crippen molar-refractivity contribution in [3.05, 3.63) is 41.9 Å². The average molecular weight is 371 g/mol. The van der Waals surface area contributed by atoms with Crippen molar-refractivity contribution in [1.29, 1.82) is 0 Å². The number of thioether (sulfide) groups is 1. The van der Waals surface area contributed by atoms with Gasteiger partial charge in [-0.2, -0.15) is 0 Å². The third-order valence-corrected chi connectivity index (χ3v) is 3.84. The Kier molecular flexibility index (Phi) is 8.96. The molecule has 0 saturated carbocycles. The van der Waals surface area contributed by atoms with Crippen molar-refractivity contribution in [1.82, 2.24) is 5.32 Å². The van der Waals surface area contributed by atoms with E-state index >= 15 is 0 Å². The van der Waals surface area contributed by atoms with Crippen LogP contribution in [0, 0.1) is 0 Å². The van der Waals surface area contributed by atoms with Gasteiger partial charge in [-0.1, -0.05) is 17.7 Å². The standard InChI is InChI=1S/C16H19ClN2O4S/c1-3-8-18-16(22)11(2)23-15(21)10-24-9-14(20)19-13-6-4-12(17)5-7-13/h3-7,11H,1,8-10H2,2H3,(H,18,22)(H,19,20)/t11-/m1/s1. The minimum atomic E-state index is -0.888. The van der Waals surface area contributed by atoms with E-state index in [1.165, 1.54) is 13.0 Å². The van der Waals surface area contributed by atoms with Crippen molar-refractivity contribution in [3.8, 4) is 0 Å². The van der Waals surface area contributed by atoms with Gasteiger partial charge >= 0.3 is 5.97 Å². The van der Waals surface area contributed by atoms with Crippen LogP contribution in [-0.2, 0) is 19.1 Å². The summed E-state index contributed by atoms with van der Waals surface area (Å²) in [6.07, 6.45) is 0.641. The van der Waals surface area contributed by atoms with E-state index in [1.54, 1.807) is 24.3 Å². The normalized spacial score (nSPS) is 11.2. The van der Waals surface area contributed by atoms with Crippen molar-refractivity contribution >= 4 is 46.8 Å². The van der Waals surface area contributed by atoms with Gasteiger partial charge in [0.1, 0.15) is 0 Å². The Labute approximate surface area is 150 Å². The number of carbonyl (C=O) groups excluding carboxylic acids is 3. The van der Waals surface area contributed by atoms with Crippen LogP contribution in [0.15, 0.2) is 36.9 Å². The van der Waals surface area contributed by atoms with Crippen molar-refractivity contribution < 1.29 is 19.1 Å². The lowest BCUT2D eigenvalue weighted by Crippen LogP contribution is -2.36. The van der Waals surface area contributed by atoms with Crippen LogP contribution in [0.2, 0.25) is 5.02 Å². The zero-order valence-electron chi connectivity index (χ0n) is 13.2. The van der Waals surface area contributed by atoms with Gasteiger partial charge in [-0.3, -0.25) is 14.4 Å². The molecule has 24 heavy (non-hydrogen) atoms. The Morgan fingerprint density at radius 2 is 1.96 bits per heavy atom. The van der Waals surface area contributed by atoms with E-state index < -0.39 is 18.0 Å². The number of carbonyl (C=O) groups is 3. The SMILES string of the molecule is C=CCNC(=O)[C@@H](C)OC(=O)CSCC(=O)Nc1ccc(Cl)cc1. The molecular formula is C16H19ClN2O4S. The fraction of sp³-hybridized carbons (Fsp3) is 0.312. The first-order valence-corrected chi connectivity index (χ1v) is 8.67. The lowest BCUT2D eigenvalue weighted by Gasteiger charge is -2.12. The maximum absolute atomic E-state index is 11.7. The van der Waals surface area contributed by atoms with Crippen molar-refractivity contribution in [2.24, 2.45) is 0 Å². The van der Waals surface area contributed by atoms with Crippen LogP contribution in [-0.4, -0.2) is 41.9 Å². The lowest BCUT2D eigenvalue weighted by molar-refractivity contribution is -0.152. The highest BCUT2D eigenvalue weighted by molar-refractivity contribution is 8.00. The number of amides is 2. The quantitative estimate of drug-likeness (QED) is 0.514. The number of hydrogen-bond donors (Lipinski definition) is 2. The van der Waals surface area contributed by atoms with E-state index in [0.29, 0.717) is 17.3 Å². The van der Waals surface area contributed by atoms with E-state index in [-0.39, 0.29) is 17.4 Å². The van der Waals surface area contributed by atoms with Crippen LogP contribution in [0.3, 0.4) is 0 Å². The maximum Gasteiger partial charge on any atom is 0.316 e. The average Bonchev–Trinajstić information content (AvgIpc) is 2.54. The Hall–Kier alpha value is -1.99. The number of ether oxygens (including phenoxy) is 1. The molecule has 2 N–H and O–H groups in total. The van der Waals surface area contributed by atoms with Crippen molar-refractivity contribution in [2.45, 2.75) is 13.0 Å². The molecule has 1 atom stereocenters. The third kappa shape index (κ3) is 8.03. The minimum Gasteiger partial charge on any atom is -0.452 e. The Bertz CT molecular complexity index is 592. The van der Waals surface area contributed by atoms with Gasteiger partial charge in [0.2, 0.25) is 5.91 Å².